The molecular formula is C27H34ClN5O3S. The first-order valence-electron chi connectivity index (χ1n) is 13.3. The van der Waals surface area contributed by atoms with Crippen LogP contribution >= 0.6 is 22.9 Å². The number of benzene rings is 1. The molecular weight excluding hydrogens is 510 g/mol. The number of hydrogen-bond acceptors (Lipinski definition) is 6. The van der Waals surface area contributed by atoms with Crippen LogP contribution in [0, 0.1) is 5.92 Å². The smallest absolute Gasteiger partial charge is 0.245 e. The van der Waals surface area contributed by atoms with E-state index in [0.29, 0.717) is 23.9 Å². The number of carbonyl (C=O) groups excluding carboxylic acids is 3. The standard InChI is InChI=1S/C27H34ClN5O3S/c28-22-8-4-5-9-23(22)31-12-14-32(15-13-31)25(35)16-20-18-37-27(29-20)30-24(34)17-33(21-10-11-21)26(36)19-6-2-1-3-7-19/h4-5,8-9,18-19,21H,1-3,6-7,10-17H2,(H,29,30,34). The van der Waals surface area contributed by atoms with Crippen LogP contribution in [-0.2, 0) is 20.8 Å². The molecule has 2 aromatic rings. The Hall–Kier alpha value is -2.65. The fourth-order valence-corrected chi connectivity index (χ4v) is 6.27. The van der Waals surface area contributed by atoms with Crippen LogP contribution in [0.4, 0.5) is 10.8 Å². The molecule has 37 heavy (non-hydrogen) atoms. The van der Waals surface area contributed by atoms with Crippen molar-refractivity contribution >= 4 is 51.5 Å². The molecule has 0 unspecified atom stereocenters. The van der Waals surface area contributed by atoms with Gasteiger partial charge in [0.25, 0.3) is 0 Å². The molecule has 3 fully saturated rings. The third-order valence-corrected chi connectivity index (χ3v) is 8.62. The Labute approximate surface area is 227 Å². The van der Waals surface area contributed by atoms with E-state index in [9.17, 15) is 14.4 Å². The number of piperazine rings is 1. The zero-order valence-corrected chi connectivity index (χ0v) is 22.6. The lowest BCUT2D eigenvalue weighted by molar-refractivity contribution is -0.139. The first-order valence-corrected chi connectivity index (χ1v) is 14.6. The summed E-state index contributed by atoms with van der Waals surface area (Å²) in [5.41, 5.74) is 1.65. The number of amides is 3. The zero-order chi connectivity index (χ0) is 25.8. The number of anilines is 2. The molecule has 0 spiro atoms. The van der Waals surface area contributed by atoms with Crippen molar-refractivity contribution in [2.75, 3.05) is 42.9 Å². The molecule has 3 amide bonds. The molecule has 2 heterocycles. The van der Waals surface area contributed by atoms with Crippen LogP contribution in [0.3, 0.4) is 0 Å². The fourth-order valence-electron chi connectivity index (χ4n) is 5.29. The summed E-state index contributed by atoms with van der Waals surface area (Å²) in [6, 6.07) is 7.96. The van der Waals surface area contributed by atoms with Gasteiger partial charge in [-0.05, 0) is 37.8 Å². The van der Waals surface area contributed by atoms with Crippen molar-refractivity contribution in [3.63, 3.8) is 0 Å². The second-order valence-electron chi connectivity index (χ2n) is 10.2. The molecule has 2 saturated carbocycles. The van der Waals surface area contributed by atoms with Gasteiger partial charge >= 0.3 is 0 Å². The van der Waals surface area contributed by atoms with Crippen LogP contribution in [0.1, 0.15) is 50.6 Å². The molecule has 0 radical (unpaired) electrons. The van der Waals surface area contributed by atoms with Crippen LogP contribution in [0.25, 0.3) is 0 Å². The summed E-state index contributed by atoms with van der Waals surface area (Å²) in [5.74, 6) is 0.00235. The Kier molecular flexibility index (Phi) is 8.30. The molecule has 3 aliphatic rings. The number of nitrogens with one attached hydrogen (secondary N) is 1. The third kappa shape index (κ3) is 6.62. The summed E-state index contributed by atoms with van der Waals surface area (Å²) in [6.07, 6.45) is 7.40. The monoisotopic (exact) mass is 543 g/mol. The summed E-state index contributed by atoms with van der Waals surface area (Å²) in [5, 5.41) is 5.85. The van der Waals surface area contributed by atoms with Crippen LogP contribution in [-0.4, -0.2) is 71.3 Å². The van der Waals surface area contributed by atoms with Gasteiger partial charge in [-0.25, -0.2) is 4.98 Å². The predicted molar refractivity (Wildman–Crippen MR) is 146 cm³/mol. The molecule has 0 atom stereocenters. The lowest BCUT2D eigenvalue weighted by Crippen LogP contribution is -2.49. The maximum absolute atomic E-state index is 13.0. The van der Waals surface area contributed by atoms with E-state index in [4.69, 9.17) is 11.6 Å². The minimum Gasteiger partial charge on any atom is -0.367 e. The number of carbonyl (C=O) groups is 3. The van der Waals surface area contributed by atoms with Gasteiger partial charge in [0.2, 0.25) is 17.7 Å². The minimum atomic E-state index is -0.223. The zero-order valence-electron chi connectivity index (χ0n) is 21.0. The predicted octanol–water partition coefficient (Wildman–Crippen LogP) is 4.20. The number of aromatic nitrogens is 1. The number of nitrogens with zero attached hydrogens (tertiary/aromatic N) is 4. The van der Waals surface area contributed by atoms with Gasteiger partial charge in [-0.3, -0.25) is 14.4 Å². The van der Waals surface area contributed by atoms with Crippen LogP contribution in [0.2, 0.25) is 5.02 Å². The molecule has 10 heteroatoms. The average molecular weight is 544 g/mol. The van der Waals surface area contributed by atoms with Crippen molar-refractivity contribution in [1.82, 2.24) is 14.8 Å². The van der Waals surface area contributed by atoms with E-state index in [1.807, 2.05) is 34.5 Å². The topological polar surface area (TPSA) is 85.8 Å². The Bertz CT molecular complexity index is 1120. The van der Waals surface area contributed by atoms with Gasteiger partial charge in [0.1, 0.15) is 6.54 Å². The Morgan fingerprint density at radius 2 is 1.76 bits per heavy atom. The maximum Gasteiger partial charge on any atom is 0.245 e. The van der Waals surface area contributed by atoms with E-state index >= 15 is 0 Å². The first kappa shape index (κ1) is 26.0. The van der Waals surface area contributed by atoms with E-state index in [1.165, 1.54) is 17.8 Å². The highest BCUT2D eigenvalue weighted by Gasteiger charge is 2.37. The number of halogens is 1. The molecule has 2 aliphatic carbocycles. The molecule has 1 aliphatic heterocycles. The molecule has 1 aromatic heterocycles. The van der Waals surface area contributed by atoms with E-state index < -0.39 is 0 Å². The molecule has 0 bridgehead atoms. The second kappa shape index (κ2) is 11.8. The van der Waals surface area contributed by atoms with Gasteiger partial charge in [-0.15, -0.1) is 11.3 Å². The average Bonchev–Trinajstić information content (AvgIpc) is 3.67. The number of para-hydroxylation sites is 1. The van der Waals surface area contributed by atoms with E-state index in [1.54, 1.807) is 4.90 Å². The van der Waals surface area contributed by atoms with Gasteiger partial charge in [-0.2, -0.15) is 0 Å². The maximum atomic E-state index is 13.0. The molecule has 8 nitrogen and oxygen atoms in total. The van der Waals surface area contributed by atoms with Crippen molar-refractivity contribution in [3.05, 3.63) is 40.4 Å². The third-order valence-electron chi connectivity index (χ3n) is 7.50. The summed E-state index contributed by atoms with van der Waals surface area (Å²) in [4.78, 5) is 49.0. The van der Waals surface area contributed by atoms with Crippen molar-refractivity contribution in [2.24, 2.45) is 5.92 Å². The molecule has 1 N–H and O–H groups in total. The Balaban J connectivity index is 1.10. The summed E-state index contributed by atoms with van der Waals surface area (Å²) in [6.45, 7) is 2.78. The summed E-state index contributed by atoms with van der Waals surface area (Å²) < 4.78 is 0. The van der Waals surface area contributed by atoms with Crippen molar-refractivity contribution < 1.29 is 14.4 Å². The van der Waals surface area contributed by atoms with E-state index in [2.05, 4.69) is 15.2 Å². The fraction of sp³-hybridized carbons (Fsp3) is 0.556. The molecule has 198 valence electrons. The van der Waals surface area contributed by atoms with Gasteiger partial charge < -0.3 is 20.0 Å². The van der Waals surface area contributed by atoms with E-state index in [0.717, 1.165) is 62.3 Å². The van der Waals surface area contributed by atoms with Gasteiger partial charge in [0, 0.05) is 43.5 Å². The highest BCUT2D eigenvalue weighted by Crippen LogP contribution is 2.32. The highest BCUT2D eigenvalue weighted by molar-refractivity contribution is 7.13. The van der Waals surface area contributed by atoms with Gasteiger partial charge in [0.15, 0.2) is 5.13 Å². The lowest BCUT2D eigenvalue weighted by Gasteiger charge is -2.36. The number of rotatable bonds is 8. The highest BCUT2D eigenvalue weighted by atomic mass is 35.5. The molecule has 1 aromatic carbocycles. The second-order valence-corrected chi connectivity index (χ2v) is 11.5. The Morgan fingerprint density at radius 3 is 2.46 bits per heavy atom. The van der Waals surface area contributed by atoms with Crippen LogP contribution in [0.5, 0.6) is 0 Å². The van der Waals surface area contributed by atoms with Crippen molar-refractivity contribution in [3.8, 4) is 0 Å². The van der Waals surface area contributed by atoms with E-state index in [-0.39, 0.29) is 42.6 Å². The van der Waals surface area contributed by atoms with Crippen LogP contribution < -0.4 is 10.2 Å². The first-order chi connectivity index (χ1) is 18.0. The largest absolute Gasteiger partial charge is 0.367 e. The lowest BCUT2D eigenvalue weighted by atomic mass is 9.88. The summed E-state index contributed by atoms with van der Waals surface area (Å²) >= 11 is 7.63. The Morgan fingerprint density at radius 1 is 1.03 bits per heavy atom. The normalized spacial score (nSPS) is 18.5. The van der Waals surface area contributed by atoms with Crippen molar-refractivity contribution in [2.45, 2.75) is 57.4 Å². The molecule has 5 rings (SSSR count). The number of thiazole rings is 1. The molecule has 1 saturated heterocycles. The van der Waals surface area contributed by atoms with Gasteiger partial charge in [-0.1, -0.05) is 43.0 Å². The quantitative estimate of drug-likeness (QED) is 0.539. The summed E-state index contributed by atoms with van der Waals surface area (Å²) in [7, 11) is 0. The van der Waals surface area contributed by atoms with Gasteiger partial charge in [0.05, 0.1) is 22.8 Å². The van der Waals surface area contributed by atoms with Crippen LogP contribution in [0.15, 0.2) is 29.6 Å². The van der Waals surface area contributed by atoms with Crippen molar-refractivity contribution in [1.29, 1.82) is 0 Å². The minimum absolute atomic E-state index is 0.0278. The number of hydrogen-bond donors (Lipinski definition) is 1. The SMILES string of the molecule is O=C(CN(C(=O)C1CCCCC1)C1CC1)Nc1nc(CC(=O)N2CCN(c3ccccc3Cl)CC2)cs1.